The Bertz CT molecular complexity index is 859. The van der Waals surface area contributed by atoms with Gasteiger partial charge < -0.3 is 9.73 Å². The Labute approximate surface area is 155 Å². The Morgan fingerprint density at radius 3 is 2.84 bits per heavy atom. The van der Waals surface area contributed by atoms with Gasteiger partial charge in [-0.25, -0.2) is 0 Å². The largest absolute Gasteiger partial charge is 0.465 e. The van der Waals surface area contributed by atoms with Gasteiger partial charge in [0.2, 0.25) is 5.91 Å². The second-order valence-electron chi connectivity index (χ2n) is 5.60. The molecule has 3 rings (SSSR count). The zero-order valence-corrected chi connectivity index (χ0v) is 15.3. The van der Waals surface area contributed by atoms with E-state index in [9.17, 15) is 9.59 Å². The molecule has 0 saturated carbocycles. The molecule has 1 unspecified atom stereocenters. The van der Waals surface area contributed by atoms with Crippen LogP contribution in [0, 0.1) is 6.92 Å². The Kier molecular flexibility index (Phi) is 5.06. The molecule has 0 bridgehead atoms. The standard InChI is InChI=1S/C18H16N2O3S2/c1-11-5-3-6-13(9-11)19-16(21)12(2)20-17(22)15(25-18(20)24)10-14-7-4-8-23-14/h3-10,12H,1-2H3,(H,19,21)/b15-10-. The third kappa shape index (κ3) is 3.83. The molecule has 1 saturated heterocycles. The van der Waals surface area contributed by atoms with E-state index in [4.69, 9.17) is 16.6 Å². The normalized spacial score (nSPS) is 17.2. The van der Waals surface area contributed by atoms with Gasteiger partial charge in [-0.05, 0) is 43.7 Å². The molecule has 1 aromatic carbocycles. The first-order valence-electron chi connectivity index (χ1n) is 7.64. The molecule has 7 heteroatoms. The van der Waals surface area contributed by atoms with Crippen molar-refractivity contribution in [1.82, 2.24) is 4.90 Å². The molecule has 1 fully saturated rings. The summed E-state index contributed by atoms with van der Waals surface area (Å²) in [6.45, 7) is 3.60. The maximum Gasteiger partial charge on any atom is 0.267 e. The first-order chi connectivity index (χ1) is 12.0. The molecule has 0 spiro atoms. The zero-order chi connectivity index (χ0) is 18.0. The average Bonchev–Trinajstić information content (AvgIpc) is 3.16. The lowest BCUT2D eigenvalue weighted by Gasteiger charge is -2.22. The molecule has 1 atom stereocenters. The molecule has 1 N–H and O–H groups in total. The van der Waals surface area contributed by atoms with E-state index < -0.39 is 6.04 Å². The van der Waals surface area contributed by atoms with Crippen molar-refractivity contribution >= 4 is 51.9 Å². The molecule has 1 aliphatic rings. The highest BCUT2D eigenvalue weighted by Crippen LogP contribution is 2.34. The van der Waals surface area contributed by atoms with Gasteiger partial charge in [0.25, 0.3) is 5.91 Å². The van der Waals surface area contributed by atoms with Crippen LogP contribution in [0.1, 0.15) is 18.2 Å². The summed E-state index contributed by atoms with van der Waals surface area (Å²) >= 11 is 6.45. The minimum absolute atomic E-state index is 0.291. The number of carbonyl (C=O) groups excluding carboxylic acids is 2. The smallest absolute Gasteiger partial charge is 0.267 e. The van der Waals surface area contributed by atoms with Crippen LogP contribution in [0.4, 0.5) is 5.69 Å². The third-order valence-corrected chi connectivity index (χ3v) is 5.02. The van der Waals surface area contributed by atoms with Crippen molar-refractivity contribution in [2.45, 2.75) is 19.9 Å². The molecule has 25 heavy (non-hydrogen) atoms. The fourth-order valence-electron chi connectivity index (χ4n) is 2.40. The summed E-state index contributed by atoms with van der Waals surface area (Å²) in [6, 6.07) is 10.3. The van der Waals surface area contributed by atoms with E-state index in [2.05, 4.69) is 5.32 Å². The van der Waals surface area contributed by atoms with Crippen molar-refractivity contribution in [2.24, 2.45) is 0 Å². The van der Waals surface area contributed by atoms with E-state index in [1.54, 1.807) is 31.2 Å². The molecular formula is C18H16N2O3S2. The lowest BCUT2D eigenvalue weighted by atomic mass is 10.2. The van der Waals surface area contributed by atoms with Gasteiger partial charge in [0.05, 0.1) is 11.2 Å². The van der Waals surface area contributed by atoms with Crippen molar-refractivity contribution in [3.05, 3.63) is 58.9 Å². The molecule has 0 aliphatic carbocycles. The summed E-state index contributed by atoms with van der Waals surface area (Å²) in [4.78, 5) is 26.9. The Hall–Kier alpha value is -2.38. The fraction of sp³-hybridized carbons (Fsp3) is 0.167. The van der Waals surface area contributed by atoms with Crippen LogP contribution in [0.3, 0.4) is 0 Å². The lowest BCUT2D eigenvalue weighted by Crippen LogP contribution is -2.44. The minimum atomic E-state index is -0.712. The van der Waals surface area contributed by atoms with Crippen LogP contribution in [0.2, 0.25) is 0 Å². The number of benzene rings is 1. The zero-order valence-electron chi connectivity index (χ0n) is 13.7. The summed E-state index contributed by atoms with van der Waals surface area (Å²) < 4.78 is 5.59. The number of thiocarbonyl (C=S) groups is 1. The monoisotopic (exact) mass is 372 g/mol. The van der Waals surface area contributed by atoms with Crippen LogP contribution in [0.15, 0.2) is 52.0 Å². The van der Waals surface area contributed by atoms with Gasteiger partial charge >= 0.3 is 0 Å². The van der Waals surface area contributed by atoms with Gasteiger partial charge in [-0.2, -0.15) is 0 Å². The van der Waals surface area contributed by atoms with E-state index in [0.29, 0.717) is 20.7 Å². The first-order valence-corrected chi connectivity index (χ1v) is 8.86. The molecule has 128 valence electrons. The number of amides is 2. The van der Waals surface area contributed by atoms with Crippen LogP contribution in [0.25, 0.3) is 6.08 Å². The van der Waals surface area contributed by atoms with Crippen LogP contribution >= 0.6 is 24.0 Å². The van der Waals surface area contributed by atoms with Crippen molar-refractivity contribution in [1.29, 1.82) is 0 Å². The van der Waals surface area contributed by atoms with Gasteiger partial charge in [0, 0.05) is 11.8 Å². The number of nitrogens with zero attached hydrogens (tertiary/aromatic N) is 1. The Balaban J connectivity index is 1.75. The minimum Gasteiger partial charge on any atom is -0.465 e. The van der Waals surface area contributed by atoms with E-state index >= 15 is 0 Å². The maximum atomic E-state index is 12.6. The Morgan fingerprint density at radius 2 is 2.16 bits per heavy atom. The average molecular weight is 372 g/mol. The maximum absolute atomic E-state index is 12.6. The van der Waals surface area contributed by atoms with Crippen LogP contribution in [-0.2, 0) is 9.59 Å². The van der Waals surface area contributed by atoms with Gasteiger partial charge in [-0.3, -0.25) is 14.5 Å². The molecule has 2 heterocycles. The highest BCUT2D eigenvalue weighted by molar-refractivity contribution is 8.26. The number of hydrogen-bond acceptors (Lipinski definition) is 5. The number of hydrogen-bond donors (Lipinski definition) is 1. The second kappa shape index (κ2) is 7.25. The van der Waals surface area contributed by atoms with Gasteiger partial charge in [0.1, 0.15) is 16.1 Å². The number of aryl methyl sites for hydroxylation is 1. The summed E-state index contributed by atoms with van der Waals surface area (Å²) in [7, 11) is 0. The van der Waals surface area contributed by atoms with Gasteiger partial charge in [0.15, 0.2) is 0 Å². The van der Waals surface area contributed by atoms with E-state index in [0.717, 1.165) is 17.3 Å². The fourth-order valence-corrected chi connectivity index (χ4v) is 3.80. The molecule has 2 aromatic rings. The molecule has 1 aliphatic heterocycles. The molecular weight excluding hydrogens is 356 g/mol. The predicted molar refractivity (Wildman–Crippen MR) is 103 cm³/mol. The lowest BCUT2D eigenvalue weighted by molar-refractivity contribution is -0.129. The van der Waals surface area contributed by atoms with Crippen molar-refractivity contribution in [3.63, 3.8) is 0 Å². The van der Waals surface area contributed by atoms with Crippen molar-refractivity contribution in [3.8, 4) is 0 Å². The number of furan rings is 1. The van der Waals surface area contributed by atoms with Crippen LogP contribution < -0.4 is 5.32 Å². The highest BCUT2D eigenvalue weighted by atomic mass is 32.2. The molecule has 1 aromatic heterocycles. The summed E-state index contributed by atoms with van der Waals surface area (Å²) in [5, 5.41) is 2.82. The van der Waals surface area contributed by atoms with Crippen molar-refractivity contribution in [2.75, 3.05) is 5.32 Å². The van der Waals surface area contributed by atoms with Crippen LogP contribution in [0.5, 0.6) is 0 Å². The van der Waals surface area contributed by atoms with Crippen molar-refractivity contribution < 1.29 is 14.0 Å². The molecule has 0 radical (unpaired) electrons. The number of anilines is 1. The quantitative estimate of drug-likeness (QED) is 0.653. The SMILES string of the molecule is Cc1cccc(NC(=O)C(C)N2C(=O)/C(=C/c3ccco3)SC2=S)c1. The number of thioether (sulfide) groups is 1. The van der Waals surface area contributed by atoms with E-state index in [-0.39, 0.29) is 11.8 Å². The first kappa shape index (κ1) is 17.4. The molecule has 5 nitrogen and oxygen atoms in total. The van der Waals surface area contributed by atoms with Crippen LogP contribution in [-0.4, -0.2) is 27.1 Å². The summed E-state index contributed by atoms with van der Waals surface area (Å²) in [6.07, 6.45) is 3.16. The second-order valence-corrected chi connectivity index (χ2v) is 7.28. The van der Waals surface area contributed by atoms with E-state index in [1.807, 2.05) is 25.1 Å². The third-order valence-electron chi connectivity index (χ3n) is 3.69. The number of nitrogens with one attached hydrogen (secondary N) is 1. The highest BCUT2D eigenvalue weighted by Gasteiger charge is 2.38. The summed E-state index contributed by atoms with van der Waals surface area (Å²) in [5.74, 6) is -0.0168. The molecule has 2 amide bonds. The number of rotatable bonds is 4. The predicted octanol–water partition coefficient (Wildman–Crippen LogP) is 3.82. The Morgan fingerprint density at radius 1 is 1.36 bits per heavy atom. The summed E-state index contributed by atoms with van der Waals surface area (Å²) in [5.41, 5.74) is 1.73. The number of carbonyl (C=O) groups is 2. The van der Waals surface area contributed by atoms with Gasteiger partial charge in [-0.1, -0.05) is 36.1 Å². The van der Waals surface area contributed by atoms with E-state index in [1.165, 1.54) is 11.2 Å². The topological polar surface area (TPSA) is 62.6 Å². The van der Waals surface area contributed by atoms with Gasteiger partial charge in [-0.15, -0.1) is 0 Å².